The van der Waals surface area contributed by atoms with E-state index in [1.165, 1.54) is 0 Å². The van der Waals surface area contributed by atoms with Crippen molar-refractivity contribution in [2.75, 3.05) is 18.5 Å². The van der Waals surface area contributed by atoms with Crippen LogP contribution < -0.4 is 10.6 Å². The van der Waals surface area contributed by atoms with Gasteiger partial charge in [-0.2, -0.15) is 0 Å². The molecule has 92 valence electrons. The average Bonchev–Trinajstić information content (AvgIpc) is 2.27. The van der Waals surface area contributed by atoms with Crippen LogP contribution in [0, 0.1) is 6.92 Å². The molecule has 2 N–H and O–H groups in total. The number of aryl methyl sites for hydroxylation is 1. The van der Waals surface area contributed by atoms with E-state index in [0.29, 0.717) is 12.3 Å². The van der Waals surface area contributed by atoms with E-state index in [4.69, 9.17) is 0 Å². The van der Waals surface area contributed by atoms with E-state index in [2.05, 4.69) is 20.4 Å². The van der Waals surface area contributed by atoms with Crippen molar-refractivity contribution in [1.82, 2.24) is 10.3 Å². The van der Waals surface area contributed by atoms with Gasteiger partial charge in [-0.1, -0.05) is 0 Å². The molecule has 1 heterocycles. The number of pyridine rings is 1. The maximum atomic E-state index is 11.4. The van der Waals surface area contributed by atoms with Gasteiger partial charge in [0.1, 0.15) is 6.54 Å². The smallest absolute Gasteiger partial charge is 0.325 e. The number of hydrogen-bond acceptors (Lipinski definition) is 4. The summed E-state index contributed by atoms with van der Waals surface area (Å²) in [7, 11) is 0. The fourth-order valence-corrected chi connectivity index (χ4v) is 1.16. The van der Waals surface area contributed by atoms with Gasteiger partial charge >= 0.3 is 12.0 Å². The Morgan fingerprint density at radius 2 is 2.24 bits per heavy atom. The van der Waals surface area contributed by atoms with Crippen molar-refractivity contribution in [1.29, 1.82) is 0 Å². The summed E-state index contributed by atoms with van der Waals surface area (Å²) in [6, 6.07) is 2.93. The van der Waals surface area contributed by atoms with E-state index in [0.717, 1.165) is 5.69 Å². The summed E-state index contributed by atoms with van der Waals surface area (Å²) in [6.07, 6.45) is 1.59. The maximum absolute atomic E-state index is 11.4. The molecule has 0 spiro atoms. The van der Waals surface area contributed by atoms with Gasteiger partial charge in [-0.15, -0.1) is 0 Å². The zero-order chi connectivity index (χ0) is 12.7. The zero-order valence-electron chi connectivity index (χ0n) is 9.82. The fourth-order valence-electron chi connectivity index (χ4n) is 1.16. The third-order valence-corrected chi connectivity index (χ3v) is 1.85. The Bertz CT molecular complexity index is 407. The third-order valence-electron chi connectivity index (χ3n) is 1.85. The standard InChI is InChI=1S/C11H15N3O3/c1-3-17-10(15)7-13-11(16)14-9-4-5-12-8(2)6-9/h4-6H,3,7H2,1-2H3,(H2,12,13,14,16). The van der Waals surface area contributed by atoms with E-state index in [9.17, 15) is 9.59 Å². The van der Waals surface area contributed by atoms with Crippen LogP contribution in [0.2, 0.25) is 0 Å². The first kappa shape index (κ1) is 13.0. The molecule has 17 heavy (non-hydrogen) atoms. The molecule has 0 radical (unpaired) electrons. The highest BCUT2D eigenvalue weighted by Gasteiger charge is 2.05. The molecule has 0 fully saturated rings. The molecule has 0 atom stereocenters. The molecule has 6 heteroatoms. The molecule has 0 saturated carbocycles. The Labute approximate surface area is 99.4 Å². The van der Waals surface area contributed by atoms with Gasteiger partial charge in [-0.05, 0) is 26.0 Å². The number of aromatic nitrogens is 1. The summed E-state index contributed by atoms with van der Waals surface area (Å²) in [5.74, 6) is -0.464. The van der Waals surface area contributed by atoms with Gasteiger partial charge in [0.25, 0.3) is 0 Å². The molecule has 0 saturated heterocycles. The lowest BCUT2D eigenvalue weighted by Crippen LogP contribution is -2.34. The van der Waals surface area contributed by atoms with Gasteiger partial charge in [-0.3, -0.25) is 9.78 Å². The van der Waals surface area contributed by atoms with Gasteiger partial charge in [0, 0.05) is 17.6 Å². The Morgan fingerprint density at radius 1 is 1.47 bits per heavy atom. The summed E-state index contributed by atoms with van der Waals surface area (Å²) in [4.78, 5) is 26.4. The molecule has 1 aromatic heterocycles. The van der Waals surface area contributed by atoms with Crippen molar-refractivity contribution in [3.05, 3.63) is 24.0 Å². The average molecular weight is 237 g/mol. The number of nitrogens with one attached hydrogen (secondary N) is 2. The Hall–Kier alpha value is -2.11. The first-order valence-corrected chi connectivity index (χ1v) is 5.25. The van der Waals surface area contributed by atoms with Crippen LogP contribution in [0.4, 0.5) is 10.5 Å². The van der Waals surface area contributed by atoms with Crippen LogP contribution in [0.25, 0.3) is 0 Å². The quantitative estimate of drug-likeness (QED) is 0.768. The summed E-state index contributed by atoms with van der Waals surface area (Å²) in [6.45, 7) is 3.68. The Kier molecular flexibility index (Phi) is 4.93. The minimum Gasteiger partial charge on any atom is -0.465 e. The monoisotopic (exact) mass is 237 g/mol. The summed E-state index contributed by atoms with van der Waals surface area (Å²) in [5.41, 5.74) is 1.42. The highest BCUT2D eigenvalue weighted by atomic mass is 16.5. The van der Waals surface area contributed by atoms with Crippen molar-refractivity contribution in [3.63, 3.8) is 0 Å². The van der Waals surface area contributed by atoms with Crippen molar-refractivity contribution >= 4 is 17.7 Å². The molecule has 0 aliphatic carbocycles. The van der Waals surface area contributed by atoms with Gasteiger partial charge < -0.3 is 15.4 Å². The number of amides is 2. The molecule has 1 rings (SSSR count). The number of rotatable bonds is 4. The van der Waals surface area contributed by atoms with Crippen molar-refractivity contribution in [2.24, 2.45) is 0 Å². The van der Waals surface area contributed by atoms with Crippen molar-refractivity contribution < 1.29 is 14.3 Å². The minimum atomic E-state index is -0.464. The highest BCUT2D eigenvalue weighted by Crippen LogP contribution is 2.06. The number of hydrogen-bond donors (Lipinski definition) is 2. The number of ether oxygens (including phenoxy) is 1. The molecule has 1 aromatic rings. The van der Waals surface area contributed by atoms with Crippen LogP contribution in [-0.4, -0.2) is 30.1 Å². The second kappa shape index (κ2) is 6.47. The summed E-state index contributed by atoms with van der Waals surface area (Å²) < 4.78 is 4.67. The lowest BCUT2D eigenvalue weighted by molar-refractivity contribution is -0.141. The number of esters is 1. The lowest BCUT2D eigenvalue weighted by Gasteiger charge is -2.07. The van der Waals surface area contributed by atoms with Crippen LogP contribution >= 0.6 is 0 Å². The van der Waals surface area contributed by atoms with Crippen molar-refractivity contribution in [3.8, 4) is 0 Å². The van der Waals surface area contributed by atoms with Gasteiger partial charge in [0.15, 0.2) is 0 Å². The van der Waals surface area contributed by atoms with Crippen LogP contribution in [-0.2, 0) is 9.53 Å². The third kappa shape index (κ3) is 4.96. The first-order chi connectivity index (χ1) is 8.11. The van der Waals surface area contributed by atoms with E-state index in [-0.39, 0.29) is 6.54 Å². The Morgan fingerprint density at radius 3 is 2.88 bits per heavy atom. The molecule has 0 aromatic carbocycles. The molecule has 0 aliphatic heterocycles. The van der Waals surface area contributed by atoms with Gasteiger partial charge in [0.2, 0.25) is 0 Å². The minimum absolute atomic E-state index is 0.149. The predicted molar refractivity (Wildman–Crippen MR) is 62.6 cm³/mol. The van der Waals surface area contributed by atoms with E-state index in [1.807, 2.05) is 6.92 Å². The van der Waals surface area contributed by atoms with E-state index >= 15 is 0 Å². The van der Waals surface area contributed by atoms with E-state index < -0.39 is 12.0 Å². The van der Waals surface area contributed by atoms with Crippen molar-refractivity contribution in [2.45, 2.75) is 13.8 Å². The highest BCUT2D eigenvalue weighted by molar-refractivity contribution is 5.91. The van der Waals surface area contributed by atoms with Crippen LogP contribution in [0.3, 0.4) is 0 Å². The largest absolute Gasteiger partial charge is 0.465 e. The molecule has 0 unspecified atom stereocenters. The second-order valence-corrected chi connectivity index (χ2v) is 3.30. The summed E-state index contributed by atoms with van der Waals surface area (Å²) in [5, 5.41) is 4.97. The molecular weight excluding hydrogens is 222 g/mol. The lowest BCUT2D eigenvalue weighted by atomic mass is 10.3. The molecule has 0 bridgehead atoms. The van der Waals surface area contributed by atoms with Crippen LogP contribution in [0.1, 0.15) is 12.6 Å². The number of anilines is 1. The topological polar surface area (TPSA) is 80.3 Å². The fraction of sp³-hybridized carbons (Fsp3) is 0.364. The van der Waals surface area contributed by atoms with Gasteiger partial charge in [-0.25, -0.2) is 4.79 Å². The molecule has 2 amide bonds. The predicted octanol–water partition coefficient (Wildman–Crippen LogP) is 1.07. The number of carbonyl (C=O) groups excluding carboxylic acids is 2. The number of carbonyl (C=O) groups is 2. The van der Waals surface area contributed by atoms with E-state index in [1.54, 1.807) is 25.3 Å². The molecule has 0 aliphatic rings. The SMILES string of the molecule is CCOC(=O)CNC(=O)Nc1ccnc(C)c1. The second-order valence-electron chi connectivity index (χ2n) is 3.30. The zero-order valence-corrected chi connectivity index (χ0v) is 9.82. The van der Waals surface area contributed by atoms with Crippen LogP contribution in [0.5, 0.6) is 0 Å². The van der Waals surface area contributed by atoms with Gasteiger partial charge in [0.05, 0.1) is 6.61 Å². The molecule has 6 nitrogen and oxygen atoms in total. The first-order valence-electron chi connectivity index (χ1n) is 5.25. The normalized spacial score (nSPS) is 9.53. The maximum Gasteiger partial charge on any atom is 0.325 e. The Balaban J connectivity index is 2.37. The summed E-state index contributed by atoms with van der Waals surface area (Å²) >= 11 is 0. The number of urea groups is 1. The van der Waals surface area contributed by atoms with Crippen LogP contribution in [0.15, 0.2) is 18.3 Å². The number of nitrogens with zero attached hydrogens (tertiary/aromatic N) is 1. The molecular formula is C11H15N3O3.